The number of anilines is 1. The van der Waals surface area contributed by atoms with Crippen molar-refractivity contribution in [2.75, 3.05) is 12.0 Å². The zero-order valence-corrected chi connectivity index (χ0v) is 15.7. The monoisotopic (exact) mass is 400 g/mol. The van der Waals surface area contributed by atoms with Gasteiger partial charge in [-0.25, -0.2) is 9.29 Å². The Hall–Kier alpha value is -3.20. The predicted molar refractivity (Wildman–Crippen MR) is 107 cm³/mol. The van der Waals surface area contributed by atoms with Crippen LogP contribution in [0.5, 0.6) is 5.75 Å². The van der Waals surface area contributed by atoms with E-state index in [0.29, 0.717) is 11.4 Å². The fourth-order valence-corrected chi connectivity index (χ4v) is 3.41. The van der Waals surface area contributed by atoms with Crippen molar-refractivity contribution >= 4 is 40.6 Å². The fraction of sp³-hybridized carbons (Fsp3) is 0.158. The molecule has 2 aromatic carbocycles. The maximum atomic E-state index is 13.5. The molecule has 2 N–H and O–H groups in total. The summed E-state index contributed by atoms with van der Waals surface area (Å²) in [5.41, 5.74) is 6.52. The van der Waals surface area contributed by atoms with E-state index in [1.165, 1.54) is 19.4 Å². The van der Waals surface area contributed by atoms with Crippen molar-refractivity contribution in [1.82, 2.24) is 0 Å². The number of carbonyl (C=O) groups excluding carboxylic acids is 2. The number of imide groups is 1. The van der Waals surface area contributed by atoms with Crippen LogP contribution in [0.1, 0.15) is 12.0 Å². The molecule has 0 bridgehead atoms. The third kappa shape index (κ3) is 4.37. The van der Waals surface area contributed by atoms with Gasteiger partial charge in [-0.3, -0.25) is 9.59 Å². The highest BCUT2D eigenvalue weighted by molar-refractivity contribution is 8.14. The standard InChI is InChI=1S/C19H17FN4O3S/c1-27-14-8-6-13(7-9-14)24-17(25)10-16(18(24)26)28-19(21)23-22-11-12-4-2-3-5-15(12)20/h2-9,11,16H,10H2,1H3,(H2,21,23). The number of rotatable bonds is 5. The van der Waals surface area contributed by atoms with E-state index in [0.717, 1.165) is 16.7 Å². The Labute approximate surface area is 165 Å². The van der Waals surface area contributed by atoms with Crippen LogP contribution in [-0.4, -0.2) is 35.6 Å². The molecule has 1 aliphatic rings. The lowest BCUT2D eigenvalue weighted by Gasteiger charge is -2.15. The summed E-state index contributed by atoms with van der Waals surface area (Å²) in [6, 6.07) is 12.7. The van der Waals surface area contributed by atoms with Gasteiger partial charge in [-0.1, -0.05) is 30.0 Å². The first-order chi connectivity index (χ1) is 13.5. The van der Waals surface area contributed by atoms with Crippen molar-refractivity contribution < 1.29 is 18.7 Å². The van der Waals surface area contributed by atoms with Gasteiger partial charge in [0, 0.05) is 12.0 Å². The number of nitrogens with two attached hydrogens (primary N) is 1. The molecule has 0 aliphatic carbocycles. The van der Waals surface area contributed by atoms with E-state index in [-0.39, 0.29) is 29.0 Å². The SMILES string of the molecule is COc1ccc(N2C(=O)CC(SC(N)=NN=Cc3ccccc3F)C2=O)cc1. The zero-order valence-electron chi connectivity index (χ0n) is 14.9. The first-order valence-corrected chi connectivity index (χ1v) is 9.16. The van der Waals surface area contributed by atoms with E-state index < -0.39 is 11.1 Å². The Bertz CT molecular complexity index is 946. The molecule has 0 saturated carbocycles. The Balaban J connectivity index is 1.66. The molecule has 1 unspecified atom stereocenters. The number of carbonyl (C=O) groups is 2. The van der Waals surface area contributed by atoms with E-state index in [1.807, 2.05) is 0 Å². The number of amides is 2. The third-order valence-electron chi connectivity index (χ3n) is 3.96. The van der Waals surface area contributed by atoms with E-state index >= 15 is 0 Å². The minimum atomic E-state index is -0.693. The van der Waals surface area contributed by atoms with Crippen molar-refractivity contribution in [3.8, 4) is 5.75 Å². The molecule has 1 aliphatic heterocycles. The van der Waals surface area contributed by atoms with E-state index in [9.17, 15) is 14.0 Å². The third-order valence-corrected chi connectivity index (χ3v) is 4.93. The molecule has 1 heterocycles. The minimum Gasteiger partial charge on any atom is -0.497 e. The number of hydrogen-bond acceptors (Lipinski definition) is 6. The summed E-state index contributed by atoms with van der Waals surface area (Å²) in [5, 5.41) is 6.82. The van der Waals surface area contributed by atoms with Crippen LogP contribution in [0.2, 0.25) is 0 Å². The molecule has 2 amide bonds. The maximum absolute atomic E-state index is 13.5. The molecule has 144 valence electrons. The molecular weight excluding hydrogens is 383 g/mol. The van der Waals surface area contributed by atoms with Gasteiger partial charge in [-0.2, -0.15) is 5.10 Å². The summed E-state index contributed by atoms with van der Waals surface area (Å²) >= 11 is 0.948. The summed E-state index contributed by atoms with van der Waals surface area (Å²) in [4.78, 5) is 26.0. The predicted octanol–water partition coefficient (Wildman–Crippen LogP) is 2.55. The smallest absolute Gasteiger partial charge is 0.247 e. The van der Waals surface area contributed by atoms with Crippen molar-refractivity contribution in [3.63, 3.8) is 0 Å². The van der Waals surface area contributed by atoms with E-state index in [2.05, 4.69) is 10.2 Å². The van der Waals surface area contributed by atoms with Crippen LogP contribution in [0.15, 0.2) is 58.7 Å². The van der Waals surface area contributed by atoms with Gasteiger partial charge < -0.3 is 10.5 Å². The molecule has 1 fully saturated rings. The van der Waals surface area contributed by atoms with Crippen LogP contribution < -0.4 is 15.4 Å². The van der Waals surface area contributed by atoms with Crippen LogP contribution in [0.4, 0.5) is 10.1 Å². The summed E-state index contributed by atoms with van der Waals surface area (Å²) in [7, 11) is 1.53. The van der Waals surface area contributed by atoms with Gasteiger partial charge in [0.1, 0.15) is 16.8 Å². The molecule has 28 heavy (non-hydrogen) atoms. The Morgan fingerprint density at radius 1 is 1.25 bits per heavy atom. The summed E-state index contributed by atoms with van der Waals surface area (Å²) in [6.45, 7) is 0. The first kappa shape index (κ1) is 19.6. The molecule has 9 heteroatoms. The van der Waals surface area contributed by atoms with Gasteiger partial charge in [-0.05, 0) is 30.3 Å². The lowest BCUT2D eigenvalue weighted by molar-refractivity contribution is -0.121. The lowest BCUT2D eigenvalue weighted by atomic mass is 10.2. The first-order valence-electron chi connectivity index (χ1n) is 8.28. The molecule has 0 radical (unpaired) electrons. The van der Waals surface area contributed by atoms with Gasteiger partial charge in [-0.15, -0.1) is 5.10 Å². The van der Waals surface area contributed by atoms with Crippen molar-refractivity contribution in [1.29, 1.82) is 0 Å². The quantitative estimate of drug-likeness (QED) is 0.360. The number of thioether (sulfide) groups is 1. The van der Waals surface area contributed by atoms with Gasteiger partial charge in [0.15, 0.2) is 5.17 Å². The number of benzene rings is 2. The maximum Gasteiger partial charge on any atom is 0.247 e. The molecule has 2 aromatic rings. The van der Waals surface area contributed by atoms with Crippen LogP contribution in [0, 0.1) is 5.82 Å². The van der Waals surface area contributed by atoms with Crippen molar-refractivity contribution in [3.05, 3.63) is 59.9 Å². The average molecular weight is 400 g/mol. The van der Waals surface area contributed by atoms with E-state index in [1.54, 1.807) is 42.5 Å². The van der Waals surface area contributed by atoms with Crippen LogP contribution in [0.3, 0.4) is 0 Å². The summed E-state index contributed by atoms with van der Waals surface area (Å²) < 4.78 is 18.6. The number of nitrogens with zero attached hydrogens (tertiary/aromatic N) is 3. The van der Waals surface area contributed by atoms with Gasteiger partial charge in [0.25, 0.3) is 0 Å². The van der Waals surface area contributed by atoms with Crippen LogP contribution >= 0.6 is 11.8 Å². The van der Waals surface area contributed by atoms with Gasteiger partial charge >= 0.3 is 0 Å². The largest absolute Gasteiger partial charge is 0.497 e. The normalized spacial score (nSPS) is 17.6. The highest BCUT2D eigenvalue weighted by Gasteiger charge is 2.40. The number of methoxy groups -OCH3 is 1. The second kappa shape index (κ2) is 8.66. The van der Waals surface area contributed by atoms with Crippen molar-refractivity contribution in [2.24, 2.45) is 15.9 Å². The molecule has 1 atom stereocenters. The van der Waals surface area contributed by atoms with E-state index in [4.69, 9.17) is 10.5 Å². The minimum absolute atomic E-state index is 0.00275. The Morgan fingerprint density at radius 2 is 1.96 bits per heavy atom. The Kier molecular flexibility index (Phi) is 6.05. The van der Waals surface area contributed by atoms with Crippen LogP contribution in [0.25, 0.3) is 0 Å². The topological polar surface area (TPSA) is 97.3 Å². The average Bonchev–Trinajstić information content (AvgIpc) is 2.96. The van der Waals surface area contributed by atoms with Gasteiger partial charge in [0.05, 0.1) is 19.0 Å². The number of halogens is 1. The van der Waals surface area contributed by atoms with Crippen molar-refractivity contribution in [2.45, 2.75) is 11.7 Å². The Morgan fingerprint density at radius 3 is 2.64 bits per heavy atom. The van der Waals surface area contributed by atoms with Crippen LogP contribution in [-0.2, 0) is 9.59 Å². The molecular formula is C19H17FN4O3S. The fourth-order valence-electron chi connectivity index (χ4n) is 2.60. The van der Waals surface area contributed by atoms with Gasteiger partial charge in [0.2, 0.25) is 11.8 Å². The zero-order chi connectivity index (χ0) is 20.1. The number of amidine groups is 1. The molecule has 3 rings (SSSR count). The molecule has 7 nitrogen and oxygen atoms in total. The highest BCUT2D eigenvalue weighted by atomic mass is 32.2. The lowest BCUT2D eigenvalue weighted by Crippen LogP contribution is -2.31. The number of hydrogen-bond donors (Lipinski definition) is 1. The highest BCUT2D eigenvalue weighted by Crippen LogP contribution is 2.30. The summed E-state index contributed by atoms with van der Waals surface area (Å²) in [6.07, 6.45) is 1.23. The second-order valence-electron chi connectivity index (χ2n) is 5.78. The summed E-state index contributed by atoms with van der Waals surface area (Å²) in [5.74, 6) is -0.510. The number of ether oxygens (including phenoxy) is 1. The second-order valence-corrected chi connectivity index (χ2v) is 7.00. The molecule has 0 spiro atoms. The molecule has 1 saturated heterocycles. The molecule has 0 aromatic heterocycles.